The first-order valence-electron chi connectivity index (χ1n) is 7.15. The van der Waals surface area contributed by atoms with E-state index in [0.717, 1.165) is 24.4 Å². The highest BCUT2D eigenvalue weighted by molar-refractivity contribution is 5.85. The van der Waals surface area contributed by atoms with Gasteiger partial charge in [-0.1, -0.05) is 45.9 Å². The van der Waals surface area contributed by atoms with Crippen molar-refractivity contribution >= 4 is 18.3 Å². The van der Waals surface area contributed by atoms with Gasteiger partial charge in [-0.2, -0.15) is 0 Å². The van der Waals surface area contributed by atoms with Gasteiger partial charge >= 0.3 is 0 Å². The molecule has 0 spiro atoms. The minimum Gasteiger partial charge on any atom is -0.483 e. The van der Waals surface area contributed by atoms with Gasteiger partial charge in [0.2, 0.25) is 0 Å². The van der Waals surface area contributed by atoms with E-state index in [-0.39, 0.29) is 30.3 Å². The molecule has 0 aliphatic rings. The van der Waals surface area contributed by atoms with Crippen molar-refractivity contribution in [1.82, 2.24) is 10.6 Å². The molecule has 0 aliphatic heterocycles. The van der Waals surface area contributed by atoms with Crippen molar-refractivity contribution in [3.63, 3.8) is 0 Å². The van der Waals surface area contributed by atoms with Crippen LogP contribution in [0.5, 0.6) is 5.75 Å². The summed E-state index contributed by atoms with van der Waals surface area (Å²) >= 11 is 0. The van der Waals surface area contributed by atoms with E-state index in [4.69, 9.17) is 4.74 Å². The normalized spacial score (nSPS) is 10.7. The van der Waals surface area contributed by atoms with Crippen molar-refractivity contribution in [2.45, 2.75) is 33.1 Å². The molecule has 0 atom stereocenters. The molecule has 0 saturated heterocycles. The van der Waals surface area contributed by atoms with Gasteiger partial charge in [0.25, 0.3) is 5.91 Å². The number of nitrogens with one attached hydrogen (secondary N) is 2. The van der Waals surface area contributed by atoms with Crippen molar-refractivity contribution in [2.75, 3.05) is 26.2 Å². The second-order valence-corrected chi connectivity index (χ2v) is 5.74. The number of ether oxygens (including phenoxy) is 1. The summed E-state index contributed by atoms with van der Waals surface area (Å²) in [5, 5.41) is 5.97. The molecule has 1 aromatic rings. The number of rotatable bonds is 7. The fraction of sp³-hybridized carbons (Fsp3) is 0.562. The molecule has 1 amide bonds. The molecule has 0 bridgehead atoms. The van der Waals surface area contributed by atoms with E-state index in [1.807, 2.05) is 31.2 Å². The van der Waals surface area contributed by atoms with Gasteiger partial charge in [-0.15, -0.1) is 12.4 Å². The molecule has 0 aromatic heterocycles. The lowest BCUT2D eigenvalue weighted by molar-refractivity contribution is -0.123. The Bertz CT molecular complexity index is 431. The smallest absolute Gasteiger partial charge is 0.257 e. The Balaban J connectivity index is 0.00000400. The van der Waals surface area contributed by atoms with Gasteiger partial charge in [0, 0.05) is 13.1 Å². The summed E-state index contributed by atoms with van der Waals surface area (Å²) in [7, 11) is 0. The lowest BCUT2D eigenvalue weighted by Gasteiger charge is -2.22. The number of halogens is 1. The molecular weight excluding hydrogens is 288 g/mol. The van der Waals surface area contributed by atoms with Crippen LogP contribution in [0.3, 0.4) is 0 Å². The van der Waals surface area contributed by atoms with Crippen molar-refractivity contribution in [3.05, 3.63) is 29.8 Å². The first-order chi connectivity index (χ1) is 9.45. The van der Waals surface area contributed by atoms with Gasteiger partial charge in [0.05, 0.1) is 0 Å². The van der Waals surface area contributed by atoms with E-state index >= 15 is 0 Å². The van der Waals surface area contributed by atoms with E-state index in [1.54, 1.807) is 0 Å². The number of hydrogen-bond acceptors (Lipinski definition) is 3. The molecule has 0 saturated carbocycles. The predicted molar refractivity (Wildman–Crippen MR) is 89.4 cm³/mol. The number of carbonyl (C=O) groups is 1. The zero-order valence-corrected chi connectivity index (χ0v) is 14.2. The summed E-state index contributed by atoms with van der Waals surface area (Å²) in [4.78, 5) is 11.7. The third kappa shape index (κ3) is 7.34. The molecule has 1 aromatic carbocycles. The Kier molecular flexibility index (Phi) is 9.06. The molecule has 0 aliphatic carbocycles. The maximum atomic E-state index is 11.7. The lowest BCUT2D eigenvalue weighted by Crippen LogP contribution is -2.34. The molecule has 0 unspecified atom stereocenters. The Morgan fingerprint density at radius 3 is 2.48 bits per heavy atom. The second kappa shape index (κ2) is 9.64. The average Bonchev–Trinajstić information content (AvgIpc) is 2.40. The van der Waals surface area contributed by atoms with Gasteiger partial charge in [0.1, 0.15) is 5.75 Å². The first kappa shape index (κ1) is 19.7. The number of hydrogen-bond donors (Lipinski definition) is 2. The summed E-state index contributed by atoms with van der Waals surface area (Å²) < 4.78 is 5.65. The molecule has 5 heteroatoms. The minimum absolute atomic E-state index is 0. The Labute approximate surface area is 134 Å². The Morgan fingerprint density at radius 2 is 1.86 bits per heavy atom. The molecule has 0 radical (unpaired) electrons. The Morgan fingerprint density at radius 1 is 1.19 bits per heavy atom. The van der Waals surface area contributed by atoms with E-state index in [2.05, 4.69) is 31.4 Å². The van der Waals surface area contributed by atoms with Gasteiger partial charge in [-0.3, -0.25) is 4.79 Å². The molecule has 0 fully saturated rings. The number of para-hydroxylation sites is 1. The number of carbonyl (C=O) groups excluding carboxylic acids is 1. The van der Waals surface area contributed by atoms with Crippen LogP contribution < -0.4 is 15.4 Å². The highest BCUT2D eigenvalue weighted by Gasteiger charge is 2.18. The molecule has 4 nitrogen and oxygen atoms in total. The first-order valence-corrected chi connectivity index (χ1v) is 7.15. The van der Waals surface area contributed by atoms with Gasteiger partial charge < -0.3 is 15.4 Å². The maximum Gasteiger partial charge on any atom is 0.257 e. The van der Waals surface area contributed by atoms with E-state index in [0.29, 0.717) is 6.54 Å². The van der Waals surface area contributed by atoms with Crippen LogP contribution in [0.15, 0.2) is 24.3 Å². The van der Waals surface area contributed by atoms with Crippen LogP contribution in [0.4, 0.5) is 0 Å². The molecule has 0 heterocycles. The third-order valence-electron chi connectivity index (χ3n) is 2.93. The van der Waals surface area contributed by atoms with Crippen LogP contribution in [0.2, 0.25) is 0 Å². The lowest BCUT2D eigenvalue weighted by atomic mass is 9.86. The van der Waals surface area contributed by atoms with Gasteiger partial charge in [-0.05, 0) is 23.6 Å². The van der Waals surface area contributed by atoms with Crippen molar-refractivity contribution in [1.29, 1.82) is 0 Å². The molecule has 1 rings (SSSR count). The maximum absolute atomic E-state index is 11.7. The largest absolute Gasteiger partial charge is 0.483 e. The molecule has 21 heavy (non-hydrogen) atoms. The van der Waals surface area contributed by atoms with Crippen molar-refractivity contribution < 1.29 is 9.53 Å². The standard InChI is InChI=1S/C16H26N2O2.ClH/c1-5-17-10-11-18-15(19)12-20-14-9-7-6-8-13(14)16(2,3)4;/h6-9,17H,5,10-12H2,1-4H3,(H,18,19);1H. The summed E-state index contributed by atoms with van der Waals surface area (Å²) in [6, 6.07) is 7.86. The number of likely N-dealkylation sites (N-methyl/N-ethyl adjacent to an activating group) is 1. The van der Waals surface area contributed by atoms with Crippen LogP contribution >= 0.6 is 12.4 Å². The van der Waals surface area contributed by atoms with E-state index < -0.39 is 0 Å². The highest BCUT2D eigenvalue weighted by atomic mass is 35.5. The predicted octanol–water partition coefficient (Wildman–Crippen LogP) is 2.51. The van der Waals surface area contributed by atoms with Gasteiger partial charge in [-0.25, -0.2) is 0 Å². The number of benzene rings is 1. The van der Waals surface area contributed by atoms with Crippen LogP contribution in [0.25, 0.3) is 0 Å². The fourth-order valence-electron chi connectivity index (χ4n) is 1.87. The summed E-state index contributed by atoms with van der Waals surface area (Å²) in [6.07, 6.45) is 0. The Hall–Kier alpha value is -1.26. The molecule has 120 valence electrons. The quantitative estimate of drug-likeness (QED) is 0.760. The monoisotopic (exact) mass is 314 g/mol. The van der Waals surface area contributed by atoms with E-state index in [1.165, 1.54) is 0 Å². The van der Waals surface area contributed by atoms with E-state index in [9.17, 15) is 4.79 Å². The van der Waals surface area contributed by atoms with Crippen molar-refractivity contribution in [2.24, 2.45) is 0 Å². The third-order valence-corrected chi connectivity index (χ3v) is 2.93. The van der Waals surface area contributed by atoms with Crippen LogP contribution in [0.1, 0.15) is 33.3 Å². The average molecular weight is 315 g/mol. The minimum atomic E-state index is -0.0911. The van der Waals surface area contributed by atoms with Gasteiger partial charge in [0.15, 0.2) is 6.61 Å². The SMILES string of the molecule is CCNCCNC(=O)COc1ccccc1C(C)(C)C.Cl. The highest BCUT2D eigenvalue weighted by Crippen LogP contribution is 2.30. The number of amides is 1. The van der Waals surface area contributed by atoms with Crippen LogP contribution in [0, 0.1) is 0 Å². The fourth-order valence-corrected chi connectivity index (χ4v) is 1.87. The van der Waals surface area contributed by atoms with Crippen LogP contribution in [-0.2, 0) is 10.2 Å². The molecular formula is C16H27ClN2O2. The topological polar surface area (TPSA) is 50.4 Å². The zero-order valence-electron chi connectivity index (χ0n) is 13.4. The summed E-state index contributed by atoms with van der Waals surface area (Å²) in [5.74, 6) is 0.688. The second-order valence-electron chi connectivity index (χ2n) is 5.74. The van der Waals surface area contributed by atoms with Crippen LogP contribution in [-0.4, -0.2) is 32.1 Å². The van der Waals surface area contributed by atoms with Crippen molar-refractivity contribution in [3.8, 4) is 5.75 Å². The zero-order chi connectivity index (χ0) is 15.0. The molecule has 2 N–H and O–H groups in total. The summed E-state index contributed by atoms with van der Waals surface area (Å²) in [5.41, 5.74) is 1.11. The summed E-state index contributed by atoms with van der Waals surface area (Å²) in [6.45, 7) is 10.8.